The van der Waals surface area contributed by atoms with E-state index in [9.17, 15) is 28.1 Å². The van der Waals surface area contributed by atoms with Crippen LogP contribution >= 0.6 is 22.6 Å². The number of hydrogen-bond acceptors (Lipinski definition) is 3. The number of carbonyl (C=O) groups is 1. The van der Waals surface area contributed by atoms with E-state index in [0.717, 1.165) is 12.1 Å². The molecule has 0 saturated heterocycles. The normalized spacial score (nSPS) is 11.1. The molecule has 0 aliphatic heterocycles. The lowest BCUT2D eigenvalue weighted by Gasteiger charge is -2.08. The molecule has 1 N–H and O–H groups in total. The van der Waals surface area contributed by atoms with Crippen molar-refractivity contribution in [2.24, 2.45) is 0 Å². The fraction of sp³-hybridized carbons (Fsp3) is 0.125. The highest BCUT2D eigenvalue weighted by Crippen LogP contribution is 2.28. The molecule has 0 saturated carbocycles. The first-order valence-electron chi connectivity index (χ1n) is 4.04. The summed E-state index contributed by atoms with van der Waals surface area (Å²) in [6.07, 6.45) is -5.09. The van der Waals surface area contributed by atoms with Crippen LogP contribution in [0.25, 0.3) is 0 Å². The lowest BCUT2D eigenvalue weighted by molar-refractivity contribution is -0.384. The molecule has 1 aromatic rings. The number of anilines is 1. The molecule has 9 heteroatoms. The average Bonchev–Trinajstić information content (AvgIpc) is 2.18. The number of nitro groups is 1. The van der Waals surface area contributed by atoms with Gasteiger partial charge in [0.2, 0.25) is 0 Å². The van der Waals surface area contributed by atoms with E-state index in [1.165, 1.54) is 11.4 Å². The van der Waals surface area contributed by atoms with Gasteiger partial charge in [-0.1, -0.05) is 0 Å². The van der Waals surface area contributed by atoms with Gasteiger partial charge >= 0.3 is 12.1 Å². The van der Waals surface area contributed by atoms with Crippen molar-refractivity contribution >= 4 is 39.9 Å². The van der Waals surface area contributed by atoms with E-state index in [1.54, 1.807) is 22.6 Å². The molecule has 0 aromatic heterocycles. The predicted octanol–water partition coefficient (Wildman–Crippen LogP) is 2.70. The largest absolute Gasteiger partial charge is 0.471 e. The molecule has 0 spiro atoms. The summed E-state index contributed by atoms with van der Waals surface area (Å²) in [5.41, 5.74) is -1.08. The van der Waals surface area contributed by atoms with E-state index in [4.69, 9.17) is 0 Å². The number of halogens is 4. The van der Waals surface area contributed by atoms with Gasteiger partial charge in [0.15, 0.2) is 0 Å². The molecule has 1 aromatic carbocycles. The molecule has 0 radical (unpaired) electrons. The lowest BCUT2D eigenvalue weighted by atomic mass is 10.2. The van der Waals surface area contributed by atoms with Crippen LogP contribution in [0.4, 0.5) is 24.5 Å². The summed E-state index contributed by atoms with van der Waals surface area (Å²) in [5, 5.41) is 12.0. The van der Waals surface area contributed by atoms with Crippen LogP contribution in [0.5, 0.6) is 0 Å². The van der Waals surface area contributed by atoms with Crippen molar-refractivity contribution in [1.82, 2.24) is 0 Å². The Balaban J connectivity index is 3.07. The van der Waals surface area contributed by atoms with Gasteiger partial charge in [0.25, 0.3) is 5.69 Å². The standard InChI is InChI=1S/C8H4F3IN2O3/c9-8(10,11)7(15)13-5-2-1-4(12)3-6(5)14(16)17/h1-3H,(H,13,15). The fourth-order valence-corrected chi connectivity index (χ4v) is 1.43. The Labute approximate surface area is 106 Å². The van der Waals surface area contributed by atoms with Crippen molar-refractivity contribution in [3.8, 4) is 0 Å². The highest BCUT2D eigenvalue weighted by Gasteiger charge is 2.39. The van der Waals surface area contributed by atoms with Gasteiger partial charge < -0.3 is 5.32 Å². The number of amides is 1. The number of nitrogens with one attached hydrogen (secondary N) is 1. The topological polar surface area (TPSA) is 72.2 Å². The fourth-order valence-electron chi connectivity index (χ4n) is 0.955. The number of benzene rings is 1. The Hall–Kier alpha value is -1.39. The van der Waals surface area contributed by atoms with E-state index in [-0.39, 0.29) is 0 Å². The molecular weight excluding hydrogens is 356 g/mol. The number of hydrogen-bond donors (Lipinski definition) is 1. The summed E-state index contributed by atoms with van der Waals surface area (Å²) in [6.45, 7) is 0. The number of rotatable bonds is 2. The first-order valence-corrected chi connectivity index (χ1v) is 5.12. The summed E-state index contributed by atoms with van der Waals surface area (Å²) < 4.78 is 36.4. The van der Waals surface area contributed by atoms with E-state index in [0.29, 0.717) is 3.57 Å². The highest BCUT2D eigenvalue weighted by molar-refractivity contribution is 14.1. The second-order valence-corrected chi connectivity index (χ2v) is 4.12. The summed E-state index contributed by atoms with van der Waals surface area (Å²) in [5.74, 6) is -2.25. The first kappa shape index (κ1) is 13.7. The van der Waals surface area contributed by atoms with Gasteiger partial charge in [-0.05, 0) is 34.7 Å². The Morgan fingerprint density at radius 2 is 2.00 bits per heavy atom. The minimum absolute atomic E-state index is 0.472. The Kier molecular flexibility index (Phi) is 3.91. The van der Waals surface area contributed by atoms with Crippen molar-refractivity contribution in [3.63, 3.8) is 0 Å². The Morgan fingerprint density at radius 1 is 1.41 bits per heavy atom. The van der Waals surface area contributed by atoms with Gasteiger partial charge in [-0.15, -0.1) is 0 Å². The highest BCUT2D eigenvalue weighted by atomic mass is 127. The Morgan fingerprint density at radius 3 is 2.47 bits per heavy atom. The van der Waals surface area contributed by atoms with E-state index < -0.39 is 28.4 Å². The number of alkyl halides is 3. The Bertz CT molecular complexity index is 476. The lowest BCUT2D eigenvalue weighted by Crippen LogP contribution is -2.30. The van der Waals surface area contributed by atoms with Gasteiger partial charge in [0, 0.05) is 9.64 Å². The maximum atomic E-state index is 12.0. The van der Waals surface area contributed by atoms with Crippen LogP contribution in [0.15, 0.2) is 18.2 Å². The third kappa shape index (κ3) is 3.54. The predicted molar refractivity (Wildman–Crippen MR) is 60.5 cm³/mol. The molecular formula is C8H4F3IN2O3. The van der Waals surface area contributed by atoms with E-state index in [2.05, 4.69) is 0 Å². The SMILES string of the molecule is O=C(Nc1ccc(I)cc1[N+](=O)[O-])C(F)(F)F. The smallest absolute Gasteiger partial charge is 0.312 e. The molecule has 0 atom stereocenters. The van der Waals surface area contributed by atoms with E-state index in [1.807, 2.05) is 0 Å². The summed E-state index contributed by atoms with van der Waals surface area (Å²) in [7, 11) is 0. The van der Waals surface area contributed by atoms with Crippen LogP contribution in [0.3, 0.4) is 0 Å². The third-order valence-electron chi connectivity index (χ3n) is 1.66. The maximum Gasteiger partial charge on any atom is 0.471 e. The molecule has 1 amide bonds. The summed E-state index contributed by atoms with van der Waals surface area (Å²) in [6, 6.07) is 3.45. The molecule has 0 unspecified atom stereocenters. The maximum absolute atomic E-state index is 12.0. The van der Waals surface area contributed by atoms with Crippen LogP contribution in [0, 0.1) is 13.7 Å². The molecule has 0 fully saturated rings. The molecule has 0 aliphatic carbocycles. The van der Waals surface area contributed by atoms with Crippen LogP contribution in [0.1, 0.15) is 0 Å². The molecule has 5 nitrogen and oxygen atoms in total. The van der Waals surface area contributed by atoms with Crippen LogP contribution < -0.4 is 5.32 Å². The van der Waals surface area contributed by atoms with Crippen molar-refractivity contribution < 1.29 is 22.9 Å². The first-order chi connectivity index (χ1) is 7.71. The minimum atomic E-state index is -5.09. The van der Waals surface area contributed by atoms with Crippen molar-refractivity contribution in [1.29, 1.82) is 0 Å². The molecule has 0 bridgehead atoms. The second-order valence-electron chi connectivity index (χ2n) is 2.87. The van der Waals surface area contributed by atoms with Crippen molar-refractivity contribution in [2.75, 3.05) is 5.32 Å². The minimum Gasteiger partial charge on any atom is -0.312 e. The molecule has 0 aliphatic rings. The molecule has 0 heterocycles. The van der Waals surface area contributed by atoms with Gasteiger partial charge in [-0.25, -0.2) is 0 Å². The van der Waals surface area contributed by atoms with E-state index >= 15 is 0 Å². The van der Waals surface area contributed by atoms with Gasteiger partial charge in [0.1, 0.15) is 5.69 Å². The summed E-state index contributed by atoms with van der Waals surface area (Å²) in [4.78, 5) is 20.3. The van der Waals surface area contributed by atoms with Gasteiger partial charge in [0.05, 0.1) is 4.92 Å². The third-order valence-corrected chi connectivity index (χ3v) is 2.33. The van der Waals surface area contributed by atoms with Crippen molar-refractivity contribution in [3.05, 3.63) is 31.9 Å². The zero-order valence-electron chi connectivity index (χ0n) is 7.92. The zero-order chi connectivity index (χ0) is 13.2. The number of nitro benzene ring substituents is 1. The van der Waals surface area contributed by atoms with Crippen molar-refractivity contribution in [2.45, 2.75) is 6.18 Å². The van der Waals surface area contributed by atoms with Crippen LogP contribution in [0.2, 0.25) is 0 Å². The molecule has 17 heavy (non-hydrogen) atoms. The zero-order valence-corrected chi connectivity index (χ0v) is 10.1. The molecule has 1 rings (SSSR count). The molecule has 92 valence electrons. The van der Waals surface area contributed by atoms with Gasteiger partial charge in [-0.3, -0.25) is 14.9 Å². The monoisotopic (exact) mass is 360 g/mol. The quantitative estimate of drug-likeness (QED) is 0.501. The van der Waals surface area contributed by atoms with Crippen LogP contribution in [-0.2, 0) is 4.79 Å². The number of carbonyl (C=O) groups excluding carboxylic acids is 1. The van der Waals surface area contributed by atoms with Gasteiger partial charge in [-0.2, -0.15) is 13.2 Å². The second kappa shape index (κ2) is 4.85. The average molecular weight is 360 g/mol. The number of nitrogens with zero attached hydrogens (tertiary/aromatic N) is 1. The summed E-state index contributed by atoms with van der Waals surface area (Å²) >= 11 is 1.77. The van der Waals surface area contributed by atoms with Crippen LogP contribution in [-0.4, -0.2) is 17.0 Å².